The van der Waals surface area contributed by atoms with Crippen LogP contribution in [0.2, 0.25) is 5.02 Å². The van der Waals surface area contributed by atoms with Crippen molar-refractivity contribution in [2.45, 2.75) is 0 Å². The van der Waals surface area contributed by atoms with E-state index in [0.717, 1.165) is 15.4 Å². The Morgan fingerprint density at radius 2 is 2.27 bits per heavy atom. The van der Waals surface area contributed by atoms with Crippen LogP contribution in [0.1, 0.15) is 10.4 Å². The molecular weight excluding hydrogens is 281 g/mol. The van der Waals surface area contributed by atoms with Crippen molar-refractivity contribution in [3.05, 3.63) is 33.4 Å². The van der Waals surface area contributed by atoms with Crippen molar-refractivity contribution in [3.63, 3.8) is 0 Å². The molecule has 0 radical (unpaired) electrons. The zero-order valence-corrected chi connectivity index (χ0v) is 9.82. The Hall–Kier alpha value is -1.04. The van der Waals surface area contributed by atoms with Crippen LogP contribution in [0.3, 0.4) is 0 Å². The molecule has 2 aromatic rings. The summed E-state index contributed by atoms with van der Waals surface area (Å²) in [5.41, 5.74) is 3.37. The molecule has 1 amide bonds. The molecule has 0 atom stereocenters. The number of carbonyl (C=O) groups is 1. The quantitative estimate of drug-likeness (QED) is 0.428. The maximum absolute atomic E-state index is 11.4. The summed E-state index contributed by atoms with van der Waals surface area (Å²) in [5, 5.41) is 1.29. The fraction of sp³-hybridized carbons (Fsp3) is 0. The molecule has 0 spiro atoms. The predicted octanol–water partition coefficient (Wildman–Crippen LogP) is 2.19. The summed E-state index contributed by atoms with van der Waals surface area (Å²) in [6, 6.07) is 3.47. The molecule has 1 aromatic carbocycles. The van der Waals surface area contributed by atoms with Gasteiger partial charge in [-0.2, -0.15) is 0 Å². The number of halogens is 2. The Kier molecular flexibility index (Phi) is 2.68. The number of aromatic amines is 1. The number of rotatable bonds is 1. The van der Waals surface area contributed by atoms with Gasteiger partial charge in [-0.15, -0.1) is 0 Å². The summed E-state index contributed by atoms with van der Waals surface area (Å²) in [5.74, 6) is 4.72. The number of H-pyrrole nitrogens is 1. The maximum atomic E-state index is 11.4. The number of hydrogen-bond donors (Lipinski definition) is 3. The van der Waals surface area contributed by atoms with Crippen LogP contribution in [-0.2, 0) is 0 Å². The van der Waals surface area contributed by atoms with Crippen LogP contribution in [0.15, 0.2) is 22.8 Å². The smallest absolute Gasteiger partial charge is 0.267 e. The van der Waals surface area contributed by atoms with Gasteiger partial charge in [0.05, 0.1) is 11.1 Å². The number of hydrogen-bond acceptors (Lipinski definition) is 2. The number of nitrogens with two attached hydrogens (primary N) is 1. The Bertz CT molecular complexity index is 537. The molecule has 1 aromatic heterocycles. The van der Waals surface area contributed by atoms with Crippen molar-refractivity contribution in [2.24, 2.45) is 5.84 Å². The number of amides is 1. The molecule has 0 fully saturated rings. The molecule has 0 saturated heterocycles. The van der Waals surface area contributed by atoms with E-state index in [4.69, 9.17) is 17.4 Å². The number of hydrazine groups is 1. The van der Waals surface area contributed by atoms with E-state index in [0.29, 0.717) is 10.6 Å². The molecule has 78 valence electrons. The highest BCUT2D eigenvalue weighted by atomic mass is 79.9. The highest BCUT2D eigenvalue weighted by Gasteiger charge is 2.12. The monoisotopic (exact) mass is 287 g/mol. The normalized spacial score (nSPS) is 10.6. The van der Waals surface area contributed by atoms with Crippen LogP contribution in [0, 0.1) is 0 Å². The van der Waals surface area contributed by atoms with E-state index in [-0.39, 0.29) is 5.91 Å². The van der Waals surface area contributed by atoms with Crippen LogP contribution in [-0.4, -0.2) is 10.9 Å². The Labute approximate surface area is 98.9 Å². The van der Waals surface area contributed by atoms with E-state index in [1.54, 1.807) is 18.3 Å². The maximum Gasteiger partial charge on any atom is 0.267 e. The summed E-state index contributed by atoms with van der Waals surface area (Å²) in [6.45, 7) is 0. The van der Waals surface area contributed by atoms with Crippen molar-refractivity contribution in [1.82, 2.24) is 10.4 Å². The van der Waals surface area contributed by atoms with Gasteiger partial charge >= 0.3 is 0 Å². The fourth-order valence-electron chi connectivity index (χ4n) is 1.42. The van der Waals surface area contributed by atoms with E-state index in [1.807, 2.05) is 0 Å². The van der Waals surface area contributed by atoms with Crippen molar-refractivity contribution in [1.29, 1.82) is 0 Å². The summed E-state index contributed by atoms with van der Waals surface area (Å²) in [4.78, 5) is 14.4. The topological polar surface area (TPSA) is 70.9 Å². The number of nitrogen functional groups attached to an aromatic ring is 1. The van der Waals surface area contributed by atoms with Crippen molar-refractivity contribution in [3.8, 4) is 0 Å². The number of carbonyl (C=O) groups excluding carboxylic acids is 1. The van der Waals surface area contributed by atoms with Gasteiger partial charge < -0.3 is 4.98 Å². The lowest BCUT2D eigenvalue weighted by molar-refractivity contribution is 0.0955. The Morgan fingerprint density at radius 1 is 1.53 bits per heavy atom. The molecule has 2 rings (SSSR count). The third-order valence-corrected chi connectivity index (χ3v) is 2.93. The number of aromatic nitrogens is 1. The second-order valence-corrected chi connectivity index (χ2v) is 4.28. The average Bonchev–Trinajstić information content (AvgIpc) is 2.60. The minimum atomic E-state index is -0.351. The minimum absolute atomic E-state index is 0.351. The molecule has 15 heavy (non-hydrogen) atoms. The first-order valence-corrected chi connectivity index (χ1v) is 5.27. The van der Waals surface area contributed by atoms with Crippen LogP contribution >= 0.6 is 27.5 Å². The van der Waals surface area contributed by atoms with Gasteiger partial charge in [0.25, 0.3) is 5.91 Å². The number of benzene rings is 1. The van der Waals surface area contributed by atoms with Gasteiger partial charge in [0.2, 0.25) is 0 Å². The van der Waals surface area contributed by atoms with Crippen LogP contribution in [0.5, 0.6) is 0 Å². The summed E-state index contributed by atoms with van der Waals surface area (Å²) >= 11 is 9.25. The Balaban J connectivity index is 2.74. The second kappa shape index (κ2) is 3.84. The largest absolute Gasteiger partial charge is 0.359 e. The predicted molar refractivity (Wildman–Crippen MR) is 62.7 cm³/mol. The van der Waals surface area contributed by atoms with Gasteiger partial charge in [0.1, 0.15) is 0 Å². The van der Waals surface area contributed by atoms with Gasteiger partial charge in [-0.3, -0.25) is 10.2 Å². The molecule has 0 saturated carbocycles. The van der Waals surface area contributed by atoms with Crippen LogP contribution in [0.25, 0.3) is 10.9 Å². The molecular formula is C9H7BrClN3O. The van der Waals surface area contributed by atoms with Gasteiger partial charge in [0.15, 0.2) is 0 Å². The fourth-order valence-corrected chi connectivity index (χ4v) is 2.35. The molecule has 1 heterocycles. The molecule has 0 aliphatic rings. The van der Waals surface area contributed by atoms with Crippen LogP contribution in [0.4, 0.5) is 0 Å². The lowest BCUT2D eigenvalue weighted by Crippen LogP contribution is -2.29. The number of fused-ring (bicyclic) bond motifs is 1. The van der Waals surface area contributed by atoms with Gasteiger partial charge in [0, 0.05) is 21.1 Å². The first-order valence-electron chi connectivity index (χ1n) is 4.10. The summed E-state index contributed by atoms with van der Waals surface area (Å²) in [7, 11) is 0. The van der Waals surface area contributed by atoms with E-state index in [2.05, 4.69) is 26.3 Å². The standard InChI is InChI=1S/C9H7BrClN3O/c10-7-2-4(11)1-5-6(9(15)14-12)3-13-8(5)7/h1-3,13H,12H2,(H,14,15). The van der Waals surface area contributed by atoms with Gasteiger partial charge in [-0.25, -0.2) is 5.84 Å². The van der Waals surface area contributed by atoms with Crippen molar-refractivity contribution >= 4 is 44.3 Å². The lowest BCUT2D eigenvalue weighted by Gasteiger charge is -1.99. The highest BCUT2D eigenvalue weighted by molar-refractivity contribution is 9.10. The zero-order valence-electron chi connectivity index (χ0n) is 7.47. The van der Waals surface area contributed by atoms with E-state index in [1.165, 1.54) is 0 Å². The highest BCUT2D eigenvalue weighted by Crippen LogP contribution is 2.29. The van der Waals surface area contributed by atoms with E-state index in [9.17, 15) is 4.79 Å². The summed E-state index contributed by atoms with van der Waals surface area (Å²) in [6.07, 6.45) is 1.59. The molecule has 0 aliphatic carbocycles. The zero-order chi connectivity index (χ0) is 11.0. The Morgan fingerprint density at radius 3 is 2.93 bits per heavy atom. The van der Waals surface area contributed by atoms with Crippen LogP contribution < -0.4 is 11.3 Å². The molecule has 0 aliphatic heterocycles. The number of nitrogens with one attached hydrogen (secondary N) is 2. The van der Waals surface area contributed by atoms with E-state index < -0.39 is 0 Å². The summed E-state index contributed by atoms with van der Waals surface area (Å²) < 4.78 is 0.807. The van der Waals surface area contributed by atoms with Crippen molar-refractivity contribution in [2.75, 3.05) is 0 Å². The first-order chi connectivity index (χ1) is 7.13. The molecule has 0 bridgehead atoms. The molecule has 4 N–H and O–H groups in total. The van der Waals surface area contributed by atoms with Gasteiger partial charge in [-0.05, 0) is 28.1 Å². The molecule has 6 heteroatoms. The molecule has 0 unspecified atom stereocenters. The third kappa shape index (κ3) is 1.73. The minimum Gasteiger partial charge on any atom is -0.359 e. The van der Waals surface area contributed by atoms with E-state index >= 15 is 0 Å². The first kappa shape index (κ1) is 10.5. The SMILES string of the molecule is NNC(=O)c1c[nH]c2c(Br)cc(Cl)cc12. The van der Waals surface area contributed by atoms with Crippen molar-refractivity contribution < 1.29 is 4.79 Å². The second-order valence-electron chi connectivity index (χ2n) is 2.99. The lowest BCUT2D eigenvalue weighted by atomic mass is 10.2. The molecule has 4 nitrogen and oxygen atoms in total. The average molecular weight is 289 g/mol. The van der Waals surface area contributed by atoms with Gasteiger partial charge in [-0.1, -0.05) is 11.6 Å². The third-order valence-electron chi connectivity index (χ3n) is 2.08.